The van der Waals surface area contributed by atoms with Gasteiger partial charge < -0.3 is 0 Å². The predicted octanol–water partition coefficient (Wildman–Crippen LogP) is 3.52. The third-order valence-electron chi connectivity index (χ3n) is 2.44. The van der Waals surface area contributed by atoms with E-state index in [1.54, 1.807) is 0 Å². The first-order chi connectivity index (χ1) is 7.66. The topological polar surface area (TPSA) is 34.9 Å². The van der Waals surface area contributed by atoms with Gasteiger partial charge in [0.1, 0.15) is 5.02 Å². The lowest BCUT2D eigenvalue weighted by Gasteiger charge is -2.05. The van der Waals surface area contributed by atoms with Crippen molar-refractivity contribution in [3.8, 4) is 0 Å². The highest BCUT2D eigenvalue weighted by molar-refractivity contribution is 6.40. The molecule has 0 saturated carbocycles. The Labute approximate surface area is 105 Å². The number of nitrogens with zero attached hydrogens (tertiary/aromatic N) is 2. The second-order valence-electron chi connectivity index (χ2n) is 3.76. The van der Waals surface area contributed by atoms with Crippen LogP contribution in [0.2, 0.25) is 10.2 Å². The van der Waals surface area contributed by atoms with Gasteiger partial charge in [-0.1, -0.05) is 55.8 Å². The Morgan fingerprint density at radius 1 is 1.25 bits per heavy atom. The number of hydrogen-bond donors (Lipinski definition) is 0. The van der Waals surface area contributed by atoms with Crippen molar-refractivity contribution in [2.75, 3.05) is 0 Å². The predicted molar refractivity (Wildman–Crippen MR) is 67.3 cm³/mol. The van der Waals surface area contributed by atoms with Crippen LogP contribution in [0.4, 0.5) is 0 Å². The van der Waals surface area contributed by atoms with Crippen LogP contribution in [0, 0.1) is 0 Å². The van der Waals surface area contributed by atoms with Crippen LogP contribution in [0.5, 0.6) is 0 Å². The fourth-order valence-electron chi connectivity index (χ4n) is 1.49. The van der Waals surface area contributed by atoms with Crippen molar-refractivity contribution in [1.29, 1.82) is 0 Å². The zero-order valence-electron chi connectivity index (χ0n) is 9.38. The minimum atomic E-state index is -0.253. The van der Waals surface area contributed by atoms with E-state index in [1.165, 1.54) is 30.2 Å². The molecular weight excluding hydrogens is 247 g/mol. The second-order valence-corrected chi connectivity index (χ2v) is 4.50. The van der Waals surface area contributed by atoms with Crippen LogP contribution >= 0.6 is 23.2 Å². The van der Waals surface area contributed by atoms with E-state index in [4.69, 9.17) is 23.2 Å². The molecule has 0 amide bonds. The molecule has 90 valence electrons. The van der Waals surface area contributed by atoms with Gasteiger partial charge in [-0.2, -0.15) is 0 Å². The van der Waals surface area contributed by atoms with Crippen LogP contribution in [-0.4, -0.2) is 9.55 Å². The van der Waals surface area contributed by atoms with Crippen LogP contribution in [0.3, 0.4) is 0 Å². The lowest BCUT2D eigenvalue weighted by molar-refractivity contribution is 0.553. The van der Waals surface area contributed by atoms with Gasteiger partial charge in [-0.05, 0) is 6.42 Å². The van der Waals surface area contributed by atoms with E-state index >= 15 is 0 Å². The molecule has 1 aromatic heterocycles. The Balaban J connectivity index is 2.49. The molecule has 16 heavy (non-hydrogen) atoms. The average molecular weight is 263 g/mol. The Kier molecular flexibility index (Phi) is 5.85. The molecule has 0 unspecified atom stereocenters. The molecule has 1 rings (SSSR count). The van der Waals surface area contributed by atoms with Gasteiger partial charge in [-0.25, -0.2) is 4.98 Å². The van der Waals surface area contributed by atoms with Crippen LogP contribution < -0.4 is 5.56 Å². The molecule has 0 saturated heterocycles. The molecule has 0 fully saturated rings. The highest BCUT2D eigenvalue weighted by atomic mass is 35.5. The van der Waals surface area contributed by atoms with Crippen LogP contribution in [0.1, 0.15) is 39.0 Å². The molecule has 0 radical (unpaired) electrons. The molecule has 0 aliphatic rings. The normalized spacial score (nSPS) is 10.7. The maximum Gasteiger partial charge on any atom is 0.273 e. The molecule has 0 bridgehead atoms. The standard InChI is InChI=1S/C11H16Cl2N2O/c1-2-3-4-5-6-7-15-8-14-10(13)9(12)11(15)16/h8H,2-7H2,1H3. The van der Waals surface area contributed by atoms with E-state index in [2.05, 4.69) is 11.9 Å². The van der Waals surface area contributed by atoms with Gasteiger partial charge in [0.05, 0.1) is 6.33 Å². The van der Waals surface area contributed by atoms with Gasteiger partial charge in [-0.3, -0.25) is 9.36 Å². The number of halogens is 2. The van der Waals surface area contributed by atoms with Crippen molar-refractivity contribution < 1.29 is 0 Å². The smallest absolute Gasteiger partial charge is 0.273 e. The van der Waals surface area contributed by atoms with E-state index in [1.807, 2.05) is 0 Å². The summed E-state index contributed by atoms with van der Waals surface area (Å²) in [6, 6.07) is 0. The van der Waals surface area contributed by atoms with Crippen LogP contribution in [0.25, 0.3) is 0 Å². The summed E-state index contributed by atoms with van der Waals surface area (Å²) in [6.07, 6.45) is 7.22. The number of unbranched alkanes of at least 4 members (excludes halogenated alkanes) is 4. The zero-order valence-corrected chi connectivity index (χ0v) is 10.9. The monoisotopic (exact) mass is 262 g/mol. The first-order valence-corrected chi connectivity index (χ1v) is 6.32. The van der Waals surface area contributed by atoms with E-state index in [-0.39, 0.29) is 15.7 Å². The first kappa shape index (κ1) is 13.5. The van der Waals surface area contributed by atoms with Crippen molar-refractivity contribution in [3.63, 3.8) is 0 Å². The molecule has 0 spiro atoms. The van der Waals surface area contributed by atoms with E-state index < -0.39 is 0 Å². The highest BCUT2D eigenvalue weighted by Gasteiger charge is 2.06. The van der Waals surface area contributed by atoms with Crippen molar-refractivity contribution >= 4 is 23.2 Å². The minimum Gasteiger partial charge on any atom is -0.298 e. The largest absolute Gasteiger partial charge is 0.298 e. The average Bonchev–Trinajstić information content (AvgIpc) is 2.28. The summed E-state index contributed by atoms with van der Waals surface area (Å²) in [7, 11) is 0. The minimum absolute atomic E-state index is 0.0118. The Morgan fingerprint density at radius 3 is 2.62 bits per heavy atom. The third kappa shape index (κ3) is 3.80. The molecule has 0 N–H and O–H groups in total. The molecule has 0 atom stereocenters. The molecule has 3 nitrogen and oxygen atoms in total. The van der Waals surface area contributed by atoms with E-state index in [0.29, 0.717) is 6.54 Å². The summed E-state index contributed by atoms with van der Waals surface area (Å²) in [5, 5.41) is 0.0895. The molecule has 1 aromatic rings. The Hall–Kier alpha value is -0.540. The molecule has 1 heterocycles. The molecule has 0 aliphatic carbocycles. The molecule has 0 aliphatic heterocycles. The van der Waals surface area contributed by atoms with Crippen molar-refractivity contribution in [2.24, 2.45) is 0 Å². The van der Waals surface area contributed by atoms with Gasteiger partial charge in [-0.15, -0.1) is 0 Å². The first-order valence-electron chi connectivity index (χ1n) is 5.57. The SMILES string of the molecule is CCCCCCCn1cnc(Cl)c(Cl)c1=O. The fourth-order valence-corrected chi connectivity index (χ4v) is 1.77. The van der Waals surface area contributed by atoms with Crippen LogP contribution in [0.15, 0.2) is 11.1 Å². The van der Waals surface area contributed by atoms with E-state index in [9.17, 15) is 4.79 Å². The molecular formula is C11H16Cl2N2O. The summed E-state index contributed by atoms with van der Waals surface area (Å²) >= 11 is 11.3. The number of aromatic nitrogens is 2. The van der Waals surface area contributed by atoms with Gasteiger partial charge in [0.25, 0.3) is 5.56 Å². The van der Waals surface area contributed by atoms with Crippen LogP contribution in [-0.2, 0) is 6.54 Å². The third-order valence-corrected chi connectivity index (χ3v) is 3.17. The van der Waals surface area contributed by atoms with Crippen molar-refractivity contribution in [2.45, 2.75) is 45.6 Å². The van der Waals surface area contributed by atoms with Gasteiger partial charge >= 0.3 is 0 Å². The quantitative estimate of drug-likeness (QED) is 0.581. The molecule has 5 heteroatoms. The summed E-state index contributed by atoms with van der Waals surface area (Å²) in [5.74, 6) is 0. The van der Waals surface area contributed by atoms with Gasteiger partial charge in [0.2, 0.25) is 0 Å². The van der Waals surface area contributed by atoms with Crippen molar-refractivity contribution in [1.82, 2.24) is 9.55 Å². The maximum absolute atomic E-state index is 11.6. The summed E-state index contributed by atoms with van der Waals surface area (Å²) in [6.45, 7) is 2.83. The summed E-state index contributed by atoms with van der Waals surface area (Å²) in [5.41, 5.74) is -0.253. The lowest BCUT2D eigenvalue weighted by atomic mass is 10.1. The summed E-state index contributed by atoms with van der Waals surface area (Å²) < 4.78 is 1.51. The zero-order chi connectivity index (χ0) is 12.0. The Bertz CT molecular complexity index is 390. The summed E-state index contributed by atoms with van der Waals surface area (Å²) in [4.78, 5) is 15.5. The Morgan fingerprint density at radius 2 is 1.94 bits per heavy atom. The van der Waals surface area contributed by atoms with E-state index in [0.717, 1.165) is 12.8 Å². The lowest BCUT2D eigenvalue weighted by Crippen LogP contribution is -2.21. The number of aryl methyl sites for hydroxylation is 1. The van der Waals surface area contributed by atoms with Gasteiger partial charge in [0, 0.05) is 6.54 Å². The fraction of sp³-hybridized carbons (Fsp3) is 0.636. The second kappa shape index (κ2) is 6.92. The number of rotatable bonds is 6. The van der Waals surface area contributed by atoms with Gasteiger partial charge in [0.15, 0.2) is 5.15 Å². The van der Waals surface area contributed by atoms with Crippen molar-refractivity contribution in [3.05, 3.63) is 26.9 Å². The highest BCUT2D eigenvalue weighted by Crippen LogP contribution is 2.13. The maximum atomic E-state index is 11.6. The molecule has 0 aromatic carbocycles. The number of hydrogen-bond acceptors (Lipinski definition) is 2.